The van der Waals surface area contributed by atoms with E-state index in [9.17, 15) is 0 Å². The number of aryl methyl sites for hydroxylation is 1. The molecule has 0 unspecified atom stereocenters. The van der Waals surface area contributed by atoms with Crippen molar-refractivity contribution in [2.45, 2.75) is 33.7 Å². The molecule has 1 heterocycles. The molecule has 0 amide bonds. The Morgan fingerprint density at radius 1 is 1.37 bits per heavy atom. The zero-order valence-corrected chi connectivity index (χ0v) is 11.8. The van der Waals surface area contributed by atoms with Gasteiger partial charge in [-0.2, -0.15) is 0 Å². The van der Waals surface area contributed by atoms with E-state index in [1.54, 1.807) is 0 Å². The normalized spacial score (nSPS) is 12.8. The van der Waals surface area contributed by atoms with Crippen molar-refractivity contribution in [3.63, 3.8) is 0 Å². The van der Waals surface area contributed by atoms with Gasteiger partial charge in [0.15, 0.2) is 5.76 Å². The fraction of sp³-hybridized carbons (Fsp3) is 0.438. The Morgan fingerprint density at radius 2 is 2.21 bits per heavy atom. The first-order valence-corrected chi connectivity index (χ1v) is 6.93. The van der Waals surface area contributed by atoms with E-state index in [-0.39, 0.29) is 0 Å². The van der Waals surface area contributed by atoms with Gasteiger partial charge in [-0.3, -0.25) is 0 Å². The van der Waals surface area contributed by atoms with Crippen LogP contribution in [-0.2, 0) is 13.0 Å². The van der Waals surface area contributed by atoms with Crippen LogP contribution in [0.15, 0.2) is 22.7 Å². The van der Waals surface area contributed by atoms with Gasteiger partial charge in [0.1, 0.15) is 5.69 Å². The van der Waals surface area contributed by atoms with Gasteiger partial charge in [-0.15, -0.1) is 0 Å². The summed E-state index contributed by atoms with van der Waals surface area (Å²) in [6.07, 6.45) is 0.952. The first-order chi connectivity index (χ1) is 9.15. The van der Waals surface area contributed by atoms with Gasteiger partial charge in [-0.1, -0.05) is 36.7 Å². The molecule has 0 saturated heterocycles. The standard InChI is InChI=1S/C16H20N2O/c1-10(2)8-17-9-15-14-7-12-5-4-11(3)6-13(12)16(14)19-18-15/h4-6,10,17H,7-9H2,1-3H3. The molecule has 2 aromatic rings. The Labute approximate surface area is 114 Å². The summed E-state index contributed by atoms with van der Waals surface area (Å²) >= 11 is 0. The van der Waals surface area contributed by atoms with Crippen LogP contribution in [0.2, 0.25) is 0 Å². The SMILES string of the molecule is Cc1ccc2c(c1)-c1onc(CNCC(C)C)c1C2. The van der Waals surface area contributed by atoms with Crippen molar-refractivity contribution >= 4 is 0 Å². The van der Waals surface area contributed by atoms with Crippen molar-refractivity contribution in [1.29, 1.82) is 0 Å². The smallest absolute Gasteiger partial charge is 0.170 e. The van der Waals surface area contributed by atoms with Crippen molar-refractivity contribution in [1.82, 2.24) is 10.5 Å². The lowest BCUT2D eigenvalue weighted by Gasteiger charge is -2.05. The molecule has 19 heavy (non-hydrogen) atoms. The zero-order chi connectivity index (χ0) is 13.4. The predicted molar refractivity (Wildman–Crippen MR) is 76.0 cm³/mol. The van der Waals surface area contributed by atoms with Crippen molar-refractivity contribution in [3.8, 4) is 11.3 Å². The van der Waals surface area contributed by atoms with Crippen LogP contribution >= 0.6 is 0 Å². The summed E-state index contributed by atoms with van der Waals surface area (Å²) in [7, 11) is 0. The molecule has 1 aromatic heterocycles. The van der Waals surface area contributed by atoms with E-state index >= 15 is 0 Å². The summed E-state index contributed by atoms with van der Waals surface area (Å²) in [4.78, 5) is 0. The molecule has 0 atom stereocenters. The molecule has 100 valence electrons. The van der Waals surface area contributed by atoms with E-state index in [0.717, 1.165) is 31.0 Å². The molecular formula is C16H20N2O. The number of nitrogens with zero attached hydrogens (tertiary/aromatic N) is 1. The van der Waals surface area contributed by atoms with Gasteiger partial charge in [0.2, 0.25) is 0 Å². The fourth-order valence-electron chi connectivity index (χ4n) is 2.60. The molecule has 0 spiro atoms. The van der Waals surface area contributed by atoms with Crippen LogP contribution in [0.1, 0.15) is 36.2 Å². The monoisotopic (exact) mass is 256 g/mol. The molecule has 0 radical (unpaired) electrons. The molecule has 0 fully saturated rings. The van der Waals surface area contributed by atoms with Gasteiger partial charge in [-0.25, -0.2) is 0 Å². The highest BCUT2D eigenvalue weighted by atomic mass is 16.5. The van der Waals surface area contributed by atoms with Crippen LogP contribution in [0.25, 0.3) is 11.3 Å². The number of fused-ring (bicyclic) bond motifs is 3. The lowest BCUT2D eigenvalue weighted by Crippen LogP contribution is -2.19. The third-order valence-electron chi connectivity index (χ3n) is 3.59. The van der Waals surface area contributed by atoms with Crippen molar-refractivity contribution < 1.29 is 4.52 Å². The van der Waals surface area contributed by atoms with Gasteiger partial charge >= 0.3 is 0 Å². The largest absolute Gasteiger partial charge is 0.356 e. The van der Waals surface area contributed by atoms with E-state index in [0.29, 0.717) is 5.92 Å². The van der Waals surface area contributed by atoms with Crippen molar-refractivity contribution in [2.24, 2.45) is 5.92 Å². The summed E-state index contributed by atoms with van der Waals surface area (Å²) in [6.45, 7) is 8.33. The maximum Gasteiger partial charge on any atom is 0.170 e. The van der Waals surface area contributed by atoms with Crippen LogP contribution in [0.4, 0.5) is 0 Å². The van der Waals surface area contributed by atoms with Gasteiger partial charge in [0.05, 0.1) is 0 Å². The van der Waals surface area contributed by atoms with Gasteiger partial charge in [0, 0.05) is 24.1 Å². The number of hydrogen-bond donors (Lipinski definition) is 1. The number of aromatic nitrogens is 1. The van der Waals surface area contributed by atoms with Crippen LogP contribution < -0.4 is 5.32 Å². The first kappa shape index (κ1) is 12.4. The molecule has 1 aromatic carbocycles. The molecule has 3 rings (SSSR count). The minimum atomic E-state index is 0.653. The highest BCUT2D eigenvalue weighted by Crippen LogP contribution is 2.38. The molecule has 3 nitrogen and oxygen atoms in total. The summed E-state index contributed by atoms with van der Waals surface area (Å²) in [5, 5.41) is 7.66. The Kier molecular flexibility index (Phi) is 3.15. The topological polar surface area (TPSA) is 38.1 Å². The Morgan fingerprint density at radius 3 is 3.00 bits per heavy atom. The molecular weight excluding hydrogens is 236 g/mol. The first-order valence-electron chi connectivity index (χ1n) is 6.93. The van der Waals surface area contributed by atoms with E-state index in [1.165, 1.54) is 22.3 Å². The third-order valence-corrected chi connectivity index (χ3v) is 3.59. The Balaban J connectivity index is 1.82. The van der Waals surface area contributed by atoms with Crippen molar-refractivity contribution in [2.75, 3.05) is 6.54 Å². The van der Waals surface area contributed by atoms with Crippen LogP contribution in [0.3, 0.4) is 0 Å². The van der Waals surface area contributed by atoms with Crippen LogP contribution in [-0.4, -0.2) is 11.7 Å². The van der Waals surface area contributed by atoms with Gasteiger partial charge < -0.3 is 9.84 Å². The van der Waals surface area contributed by atoms with E-state index in [4.69, 9.17) is 4.52 Å². The molecule has 0 aliphatic heterocycles. The number of nitrogens with one attached hydrogen (secondary N) is 1. The predicted octanol–water partition coefficient (Wildman–Crippen LogP) is 3.30. The van der Waals surface area contributed by atoms with E-state index in [2.05, 4.69) is 49.4 Å². The maximum absolute atomic E-state index is 5.56. The average Bonchev–Trinajstić information content (AvgIpc) is 2.89. The fourth-order valence-corrected chi connectivity index (χ4v) is 2.60. The summed E-state index contributed by atoms with van der Waals surface area (Å²) < 4.78 is 5.56. The quantitative estimate of drug-likeness (QED) is 0.778. The molecule has 0 bridgehead atoms. The number of rotatable bonds is 4. The second kappa shape index (κ2) is 4.82. The van der Waals surface area contributed by atoms with Gasteiger partial charge in [0.25, 0.3) is 0 Å². The highest BCUT2D eigenvalue weighted by molar-refractivity contribution is 5.73. The van der Waals surface area contributed by atoms with Crippen LogP contribution in [0, 0.1) is 12.8 Å². The van der Waals surface area contributed by atoms with Gasteiger partial charge in [-0.05, 0) is 31.0 Å². The highest BCUT2D eigenvalue weighted by Gasteiger charge is 2.26. The lowest BCUT2D eigenvalue weighted by molar-refractivity contribution is 0.418. The minimum Gasteiger partial charge on any atom is -0.356 e. The Bertz CT molecular complexity index is 599. The summed E-state index contributed by atoms with van der Waals surface area (Å²) in [5.74, 6) is 1.62. The Hall–Kier alpha value is -1.61. The molecule has 1 aliphatic rings. The second-order valence-corrected chi connectivity index (χ2v) is 5.80. The molecule has 1 aliphatic carbocycles. The van der Waals surface area contributed by atoms with E-state index < -0.39 is 0 Å². The van der Waals surface area contributed by atoms with Crippen LogP contribution in [0.5, 0.6) is 0 Å². The number of benzene rings is 1. The zero-order valence-electron chi connectivity index (χ0n) is 11.8. The van der Waals surface area contributed by atoms with E-state index in [1.807, 2.05) is 0 Å². The maximum atomic E-state index is 5.56. The third kappa shape index (κ3) is 2.30. The number of hydrogen-bond acceptors (Lipinski definition) is 3. The molecule has 3 heteroatoms. The summed E-state index contributed by atoms with van der Waals surface area (Å²) in [5.41, 5.74) is 6.16. The second-order valence-electron chi connectivity index (χ2n) is 5.80. The van der Waals surface area contributed by atoms with Crippen molar-refractivity contribution in [3.05, 3.63) is 40.6 Å². The summed E-state index contributed by atoms with van der Waals surface area (Å²) in [6, 6.07) is 6.55. The molecule has 1 N–H and O–H groups in total. The lowest BCUT2D eigenvalue weighted by atomic mass is 10.1. The molecule has 0 saturated carbocycles. The average molecular weight is 256 g/mol. The minimum absolute atomic E-state index is 0.653.